The quantitative estimate of drug-likeness (QED) is 0.223. The summed E-state index contributed by atoms with van der Waals surface area (Å²) in [6.45, 7) is 9.17. The molecule has 204 valence electrons. The highest BCUT2D eigenvalue weighted by Crippen LogP contribution is 2.46. The van der Waals surface area contributed by atoms with Crippen LogP contribution in [0.5, 0.6) is 0 Å². The molecule has 0 bridgehead atoms. The maximum Gasteiger partial charge on any atom is 0.323 e. The Bertz CT molecular complexity index is 1550. The Morgan fingerprint density at radius 1 is 0.925 bits per heavy atom. The van der Waals surface area contributed by atoms with Crippen LogP contribution in [0.1, 0.15) is 48.8 Å². The molecule has 0 unspecified atom stereocenters. The third kappa shape index (κ3) is 5.86. The third-order valence-electron chi connectivity index (χ3n) is 8.25. The van der Waals surface area contributed by atoms with Crippen LogP contribution in [0.3, 0.4) is 0 Å². The van der Waals surface area contributed by atoms with Gasteiger partial charge >= 0.3 is 5.82 Å². The Hall–Kier alpha value is -3.41. The molecule has 0 saturated carbocycles. The Balaban J connectivity index is 1.32. The number of piperidine rings is 1. The molecule has 0 spiro atoms. The van der Waals surface area contributed by atoms with E-state index >= 15 is 0 Å². The fourth-order valence-electron chi connectivity index (χ4n) is 5.72. The zero-order valence-electron chi connectivity index (χ0n) is 23.9. The van der Waals surface area contributed by atoms with Crippen molar-refractivity contribution in [2.75, 3.05) is 31.1 Å². The number of aryl methyl sites for hydroxylation is 2. The van der Waals surface area contributed by atoms with Gasteiger partial charge in [0.1, 0.15) is 5.52 Å². The van der Waals surface area contributed by atoms with Gasteiger partial charge in [-0.25, -0.2) is 4.57 Å². The fourth-order valence-corrected chi connectivity index (χ4v) is 6.84. The summed E-state index contributed by atoms with van der Waals surface area (Å²) in [6, 6.07) is 26.0. The molecule has 0 aliphatic carbocycles. The minimum atomic E-state index is 0.874. The summed E-state index contributed by atoms with van der Waals surface area (Å²) in [7, 11) is 2.11. The molecule has 1 saturated heterocycles. The summed E-state index contributed by atoms with van der Waals surface area (Å²) in [5.74, 6) is 1.82. The van der Waals surface area contributed by atoms with Crippen molar-refractivity contribution in [2.24, 2.45) is 13.0 Å². The average Bonchev–Trinajstić information content (AvgIpc) is 3.32. The summed E-state index contributed by atoms with van der Waals surface area (Å²) >= 11 is 1.86. The van der Waals surface area contributed by atoms with Gasteiger partial charge in [-0.2, -0.15) is 0 Å². The molecule has 2 aliphatic rings. The molecule has 0 N–H and O–H groups in total. The normalized spacial score (nSPS) is 17.4. The van der Waals surface area contributed by atoms with Crippen LogP contribution in [-0.2, 0) is 7.05 Å². The van der Waals surface area contributed by atoms with Gasteiger partial charge in [-0.1, -0.05) is 72.8 Å². The molecule has 1 fully saturated rings. The van der Waals surface area contributed by atoms with Gasteiger partial charge < -0.3 is 9.80 Å². The summed E-state index contributed by atoms with van der Waals surface area (Å²) < 4.78 is 2.19. The molecule has 0 atom stereocenters. The topological polar surface area (TPSA) is 23.3 Å². The second-order valence-corrected chi connectivity index (χ2v) is 12.3. The van der Waals surface area contributed by atoms with Crippen molar-refractivity contribution < 1.29 is 4.57 Å². The number of rotatable bonds is 7. The van der Waals surface area contributed by atoms with Gasteiger partial charge in [-0.05, 0) is 92.6 Å². The number of fused-ring (bicyclic) bond motifs is 2. The number of nitrogens with zero attached hydrogens (tertiary/aromatic N) is 4. The average molecular weight is 548 g/mol. The number of hydrogen-bond acceptors (Lipinski definition) is 4. The Morgan fingerprint density at radius 2 is 1.68 bits per heavy atom. The maximum atomic E-state index is 5.21. The molecule has 2 aliphatic heterocycles. The molecule has 40 heavy (non-hydrogen) atoms. The van der Waals surface area contributed by atoms with Crippen LogP contribution in [0.2, 0.25) is 0 Å². The van der Waals surface area contributed by atoms with E-state index in [0.717, 1.165) is 30.4 Å². The first-order valence-electron chi connectivity index (χ1n) is 14.6. The maximum absolute atomic E-state index is 5.21. The standard InChI is InChI=1S/C35H39N4S/c1-26-13-15-28(16-14-26)17-18-34-36-30(29-9-4-5-10-31(29)37(34)3)25-35-39(32-11-6-7-12-33(32)40-35)22-8-21-38-23-19-27(2)20-24-38/h4-7,9-18,25,27H,8,19-24H2,1-3H3/q+1/b18-17+. The van der Waals surface area contributed by atoms with E-state index in [1.165, 1.54) is 70.1 Å². The van der Waals surface area contributed by atoms with Crippen LogP contribution >= 0.6 is 11.8 Å². The van der Waals surface area contributed by atoms with Gasteiger partial charge in [-0.3, -0.25) is 0 Å². The molecular weight excluding hydrogens is 508 g/mol. The number of hydrogen-bond donors (Lipinski definition) is 0. The van der Waals surface area contributed by atoms with E-state index in [9.17, 15) is 0 Å². The van der Waals surface area contributed by atoms with Crippen molar-refractivity contribution in [1.82, 2.24) is 9.88 Å². The van der Waals surface area contributed by atoms with Crippen LogP contribution < -0.4 is 9.47 Å². The molecule has 0 amide bonds. The lowest BCUT2D eigenvalue weighted by Gasteiger charge is -2.31. The lowest BCUT2D eigenvalue weighted by atomic mass is 9.99. The zero-order chi connectivity index (χ0) is 27.5. The minimum Gasteiger partial charge on any atom is -0.335 e. The lowest BCUT2D eigenvalue weighted by Crippen LogP contribution is -2.35. The van der Waals surface area contributed by atoms with E-state index in [0.29, 0.717) is 0 Å². The number of benzene rings is 3. The van der Waals surface area contributed by atoms with E-state index in [1.807, 2.05) is 11.8 Å². The van der Waals surface area contributed by atoms with Crippen LogP contribution in [-0.4, -0.2) is 36.1 Å². The van der Waals surface area contributed by atoms with Crippen molar-refractivity contribution >= 4 is 46.6 Å². The number of para-hydroxylation sites is 2. The molecule has 4 aromatic rings. The summed E-state index contributed by atoms with van der Waals surface area (Å²) in [4.78, 5) is 11.7. The Labute approximate surface area is 243 Å². The number of aromatic nitrogens is 2. The van der Waals surface area contributed by atoms with Crippen LogP contribution in [0.25, 0.3) is 29.1 Å². The molecule has 5 heteroatoms. The van der Waals surface area contributed by atoms with Crippen molar-refractivity contribution in [3.63, 3.8) is 0 Å². The summed E-state index contributed by atoms with van der Waals surface area (Å²) in [5, 5.41) is 2.43. The van der Waals surface area contributed by atoms with Crippen molar-refractivity contribution in [2.45, 2.75) is 38.0 Å². The first-order valence-corrected chi connectivity index (χ1v) is 15.4. The smallest absolute Gasteiger partial charge is 0.323 e. The van der Waals surface area contributed by atoms with Gasteiger partial charge in [0.05, 0.1) is 23.2 Å². The van der Waals surface area contributed by atoms with Gasteiger partial charge in [0.15, 0.2) is 5.69 Å². The van der Waals surface area contributed by atoms with E-state index in [-0.39, 0.29) is 0 Å². The SMILES string of the molecule is Cc1ccc(/C=C/c2nc(/C=C3\Sc4ccccc4N3CCCN3CCC(C)CC3)c3ccccc3[n+]2C)cc1. The van der Waals surface area contributed by atoms with Crippen LogP contribution in [0.15, 0.2) is 82.7 Å². The first-order chi connectivity index (χ1) is 19.5. The largest absolute Gasteiger partial charge is 0.335 e. The predicted octanol–water partition coefficient (Wildman–Crippen LogP) is 7.57. The highest BCUT2D eigenvalue weighted by atomic mass is 32.2. The predicted molar refractivity (Wildman–Crippen MR) is 170 cm³/mol. The van der Waals surface area contributed by atoms with E-state index < -0.39 is 0 Å². The van der Waals surface area contributed by atoms with Gasteiger partial charge in [0.2, 0.25) is 0 Å². The van der Waals surface area contributed by atoms with Gasteiger partial charge in [0.25, 0.3) is 0 Å². The fraction of sp³-hybridized carbons (Fsp3) is 0.314. The van der Waals surface area contributed by atoms with Crippen molar-refractivity contribution in [3.05, 3.63) is 100 Å². The molecule has 6 rings (SSSR count). The Morgan fingerprint density at radius 3 is 2.50 bits per heavy atom. The number of anilines is 1. The molecular formula is C35H39N4S+. The molecule has 3 aromatic carbocycles. The van der Waals surface area contributed by atoms with Crippen molar-refractivity contribution in [3.8, 4) is 0 Å². The zero-order valence-corrected chi connectivity index (χ0v) is 24.7. The summed E-state index contributed by atoms with van der Waals surface area (Å²) in [5.41, 5.74) is 5.96. The highest BCUT2D eigenvalue weighted by Gasteiger charge is 2.27. The number of thioether (sulfide) groups is 1. The monoisotopic (exact) mass is 547 g/mol. The summed E-state index contributed by atoms with van der Waals surface area (Å²) in [6.07, 6.45) is 10.4. The Kier molecular flexibility index (Phi) is 8.03. The van der Waals surface area contributed by atoms with Gasteiger partial charge in [0, 0.05) is 23.6 Å². The second-order valence-electron chi connectivity index (χ2n) is 11.3. The van der Waals surface area contributed by atoms with Crippen LogP contribution in [0, 0.1) is 12.8 Å². The molecule has 3 heterocycles. The van der Waals surface area contributed by atoms with E-state index in [2.05, 4.69) is 126 Å². The van der Waals surface area contributed by atoms with Crippen molar-refractivity contribution in [1.29, 1.82) is 0 Å². The minimum absolute atomic E-state index is 0.874. The highest BCUT2D eigenvalue weighted by molar-refractivity contribution is 8.03. The third-order valence-corrected chi connectivity index (χ3v) is 9.36. The van der Waals surface area contributed by atoms with Gasteiger partial charge in [-0.15, -0.1) is 0 Å². The van der Waals surface area contributed by atoms with E-state index in [1.54, 1.807) is 0 Å². The molecule has 4 nitrogen and oxygen atoms in total. The van der Waals surface area contributed by atoms with Crippen LogP contribution in [0.4, 0.5) is 5.69 Å². The second kappa shape index (κ2) is 12.0. The van der Waals surface area contributed by atoms with E-state index in [4.69, 9.17) is 4.98 Å². The molecule has 1 aromatic heterocycles. The molecule has 0 radical (unpaired) electrons. The first kappa shape index (κ1) is 26.8. The number of likely N-dealkylation sites (tertiary alicyclic amines) is 1. The lowest BCUT2D eigenvalue weighted by molar-refractivity contribution is -0.649.